The molecule has 0 unspecified atom stereocenters. The van der Waals surface area contributed by atoms with Gasteiger partial charge in [-0.1, -0.05) is 13.8 Å². The molecule has 0 spiro atoms. The molecule has 0 aromatic carbocycles. The number of hydrogen-bond donors (Lipinski definition) is 1. The minimum atomic E-state index is 0.0660. The van der Waals surface area contributed by atoms with Crippen molar-refractivity contribution in [2.45, 2.75) is 53.0 Å². The lowest BCUT2D eigenvalue weighted by Gasteiger charge is -2.36. The molecule has 0 fully saturated rings. The highest BCUT2D eigenvalue weighted by Crippen LogP contribution is 2.28. The average Bonchev–Trinajstić information content (AvgIpc) is 2.31. The molecule has 0 amide bonds. The standard InChI is InChI=1S/C13H24N4/c1-7-10-15-11(14)9(3)12(16-10)17(6)13(4,5)8-2/h7-8H2,1-6H3,(H2,14,15,16). The topological polar surface area (TPSA) is 55.0 Å². The molecule has 1 heterocycles. The van der Waals surface area contributed by atoms with Crippen LogP contribution in [0.4, 0.5) is 11.6 Å². The molecular formula is C13H24N4. The van der Waals surface area contributed by atoms with Gasteiger partial charge in [0.25, 0.3) is 0 Å². The molecule has 0 aliphatic rings. The Morgan fingerprint density at radius 3 is 2.29 bits per heavy atom. The van der Waals surface area contributed by atoms with Crippen molar-refractivity contribution >= 4 is 11.6 Å². The Kier molecular flexibility index (Phi) is 3.96. The smallest absolute Gasteiger partial charge is 0.137 e. The van der Waals surface area contributed by atoms with Gasteiger partial charge in [-0.25, -0.2) is 9.97 Å². The number of aryl methyl sites for hydroxylation is 1. The lowest BCUT2D eigenvalue weighted by Crippen LogP contribution is -2.41. The molecule has 1 rings (SSSR count). The maximum atomic E-state index is 5.94. The van der Waals surface area contributed by atoms with Crippen LogP contribution in [-0.2, 0) is 6.42 Å². The van der Waals surface area contributed by atoms with Gasteiger partial charge in [0, 0.05) is 24.6 Å². The summed E-state index contributed by atoms with van der Waals surface area (Å²) in [7, 11) is 2.07. The highest BCUT2D eigenvalue weighted by molar-refractivity contribution is 5.57. The van der Waals surface area contributed by atoms with Crippen molar-refractivity contribution in [3.8, 4) is 0 Å². The fraction of sp³-hybridized carbons (Fsp3) is 0.692. The van der Waals surface area contributed by atoms with Crippen LogP contribution in [0.25, 0.3) is 0 Å². The third kappa shape index (κ3) is 2.68. The summed E-state index contributed by atoms with van der Waals surface area (Å²) in [5.41, 5.74) is 6.97. The van der Waals surface area contributed by atoms with Gasteiger partial charge < -0.3 is 10.6 Å². The number of nitrogens with zero attached hydrogens (tertiary/aromatic N) is 3. The van der Waals surface area contributed by atoms with Gasteiger partial charge in [0.15, 0.2) is 0 Å². The monoisotopic (exact) mass is 236 g/mol. The first-order valence-electron chi connectivity index (χ1n) is 6.20. The third-order valence-corrected chi connectivity index (χ3v) is 3.61. The molecule has 2 N–H and O–H groups in total. The van der Waals surface area contributed by atoms with Crippen LogP contribution < -0.4 is 10.6 Å². The molecule has 0 aliphatic carbocycles. The van der Waals surface area contributed by atoms with Crippen molar-refractivity contribution in [2.24, 2.45) is 0 Å². The van der Waals surface area contributed by atoms with Gasteiger partial charge in [-0.05, 0) is 27.2 Å². The second kappa shape index (κ2) is 4.90. The zero-order valence-electron chi connectivity index (χ0n) is 11.8. The summed E-state index contributed by atoms with van der Waals surface area (Å²) < 4.78 is 0. The Labute approximate surface area is 104 Å². The quantitative estimate of drug-likeness (QED) is 0.873. The average molecular weight is 236 g/mol. The summed E-state index contributed by atoms with van der Waals surface area (Å²) in [6.45, 7) is 10.6. The second-order valence-corrected chi connectivity index (χ2v) is 5.05. The van der Waals surface area contributed by atoms with E-state index in [0.29, 0.717) is 5.82 Å². The molecule has 0 saturated heterocycles. The van der Waals surface area contributed by atoms with Gasteiger partial charge in [-0.2, -0.15) is 0 Å². The number of hydrogen-bond acceptors (Lipinski definition) is 4. The van der Waals surface area contributed by atoms with E-state index in [1.54, 1.807) is 0 Å². The molecule has 0 aliphatic heterocycles. The van der Waals surface area contributed by atoms with E-state index in [1.807, 2.05) is 13.8 Å². The Balaban J connectivity index is 3.25. The van der Waals surface area contributed by atoms with Crippen molar-refractivity contribution in [2.75, 3.05) is 17.7 Å². The zero-order chi connectivity index (χ0) is 13.2. The fourth-order valence-electron chi connectivity index (χ4n) is 1.58. The molecule has 0 bridgehead atoms. The highest BCUT2D eigenvalue weighted by atomic mass is 15.2. The van der Waals surface area contributed by atoms with Crippen LogP contribution in [-0.4, -0.2) is 22.6 Å². The van der Waals surface area contributed by atoms with Crippen LogP contribution in [0.5, 0.6) is 0 Å². The van der Waals surface area contributed by atoms with Crippen LogP contribution >= 0.6 is 0 Å². The Morgan fingerprint density at radius 1 is 1.24 bits per heavy atom. The summed E-state index contributed by atoms with van der Waals surface area (Å²) in [6.07, 6.45) is 1.85. The van der Waals surface area contributed by atoms with Gasteiger partial charge >= 0.3 is 0 Å². The van der Waals surface area contributed by atoms with E-state index in [2.05, 4.69) is 42.7 Å². The number of anilines is 2. The maximum Gasteiger partial charge on any atom is 0.137 e. The van der Waals surface area contributed by atoms with E-state index in [-0.39, 0.29) is 5.54 Å². The molecule has 0 atom stereocenters. The van der Waals surface area contributed by atoms with Crippen LogP contribution in [0.15, 0.2) is 0 Å². The van der Waals surface area contributed by atoms with Crippen LogP contribution in [0.3, 0.4) is 0 Å². The first kappa shape index (κ1) is 13.7. The molecular weight excluding hydrogens is 212 g/mol. The zero-order valence-corrected chi connectivity index (χ0v) is 11.8. The molecule has 0 radical (unpaired) electrons. The highest BCUT2D eigenvalue weighted by Gasteiger charge is 2.24. The van der Waals surface area contributed by atoms with E-state index in [4.69, 9.17) is 5.73 Å². The largest absolute Gasteiger partial charge is 0.383 e. The normalized spacial score (nSPS) is 11.6. The van der Waals surface area contributed by atoms with Crippen molar-refractivity contribution in [3.05, 3.63) is 11.4 Å². The van der Waals surface area contributed by atoms with Crippen molar-refractivity contribution in [1.29, 1.82) is 0 Å². The van der Waals surface area contributed by atoms with Crippen molar-refractivity contribution in [3.63, 3.8) is 0 Å². The van der Waals surface area contributed by atoms with E-state index in [1.165, 1.54) is 0 Å². The van der Waals surface area contributed by atoms with E-state index in [9.17, 15) is 0 Å². The molecule has 96 valence electrons. The lowest BCUT2D eigenvalue weighted by atomic mass is 9.99. The maximum absolute atomic E-state index is 5.94. The number of nitrogens with two attached hydrogens (primary N) is 1. The first-order valence-corrected chi connectivity index (χ1v) is 6.20. The van der Waals surface area contributed by atoms with Gasteiger partial charge in [0.1, 0.15) is 17.5 Å². The minimum absolute atomic E-state index is 0.0660. The molecule has 4 heteroatoms. The molecule has 17 heavy (non-hydrogen) atoms. The van der Waals surface area contributed by atoms with Crippen LogP contribution in [0.2, 0.25) is 0 Å². The van der Waals surface area contributed by atoms with Gasteiger partial charge in [-0.3, -0.25) is 0 Å². The molecule has 1 aromatic heterocycles. The summed E-state index contributed by atoms with van der Waals surface area (Å²) in [5.74, 6) is 2.34. The van der Waals surface area contributed by atoms with E-state index in [0.717, 1.165) is 30.0 Å². The number of nitrogen functional groups attached to an aromatic ring is 1. The second-order valence-electron chi connectivity index (χ2n) is 5.05. The number of aromatic nitrogens is 2. The van der Waals surface area contributed by atoms with Gasteiger partial charge in [0.2, 0.25) is 0 Å². The summed E-state index contributed by atoms with van der Waals surface area (Å²) >= 11 is 0. The third-order valence-electron chi connectivity index (χ3n) is 3.61. The summed E-state index contributed by atoms with van der Waals surface area (Å²) in [6, 6.07) is 0. The Morgan fingerprint density at radius 2 is 1.82 bits per heavy atom. The molecule has 0 saturated carbocycles. The van der Waals surface area contributed by atoms with Gasteiger partial charge in [0.05, 0.1) is 0 Å². The predicted molar refractivity (Wildman–Crippen MR) is 73.3 cm³/mol. The lowest BCUT2D eigenvalue weighted by molar-refractivity contribution is 0.466. The van der Waals surface area contributed by atoms with E-state index >= 15 is 0 Å². The van der Waals surface area contributed by atoms with Crippen molar-refractivity contribution < 1.29 is 0 Å². The fourth-order valence-corrected chi connectivity index (χ4v) is 1.58. The molecule has 4 nitrogen and oxygen atoms in total. The summed E-state index contributed by atoms with van der Waals surface area (Å²) in [4.78, 5) is 11.1. The van der Waals surface area contributed by atoms with E-state index < -0.39 is 0 Å². The van der Waals surface area contributed by atoms with Crippen LogP contribution in [0.1, 0.15) is 45.5 Å². The molecule has 1 aromatic rings. The SMILES string of the molecule is CCc1nc(N)c(C)c(N(C)C(C)(C)CC)n1. The minimum Gasteiger partial charge on any atom is -0.383 e. The Hall–Kier alpha value is -1.32. The van der Waals surface area contributed by atoms with Gasteiger partial charge in [-0.15, -0.1) is 0 Å². The van der Waals surface area contributed by atoms with Crippen LogP contribution in [0, 0.1) is 6.92 Å². The summed E-state index contributed by atoms with van der Waals surface area (Å²) in [5, 5.41) is 0. The Bertz CT molecular complexity index is 399. The number of rotatable bonds is 4. The first-order chi connectivity index (χ1) is 7.83. The predicted octanol–water partition coefficient (Wildman–Crippen LogP) is 2.55. The van der Waals surface area contributed by atoms with Crippen molar-refractivity contribution in [1.82, 2.24) is 9.97 Å².